The summed E-state index contributed by atoms with van der Waals surface area (Å²) >= 11 is 0.920. The van der Waals surface area contributed by atoms with Crippen molar-refractivity contribution in [1.82, 2.24) is 20.6 Å². The quantitative estimate of drug-likeness (QED) is 0.293. The number of aliphatic hydroxyl groups is 1. The molecule has 3 rings (SSSR count). The zero-order valence-electron chi connectivity index (χ0n) is 18.2. The topological polar surface area (TPSA) is 138 Å². The minimum atomic E-state index is -1.43. The number of benzene rings is 1. The van der Waals surface area contributed by atoms with Gasteiger partial charge < -0.3 is 16.2 Å². The smallest absolute Gasteiger partial charge is 0.251 e. The number of aromatic nitrogens is 2. The number of nitrogens with one attached hydrogen (secondary N) is 3. The number of hydrazine groups is 1. The van der Waals surface area contributed by atoms with Gasteiger partial charge in [0.2, 0.25) is 0 Å². The van der Waals surface area contributed by atoms with Crippen LogP contribution in [0, 0.1) is 11.6 Å². The van der Waals surface area contributed by atoms with Crippen LogP contribution in [0.1, 0.15) is 29.8 Å². The van der Waals surface area contributed by atoms with Crippen molar-refractivity contribution in [3.05, 3.63) is 53.2 Å². The fourth-order valence-electron chi connectivity index (χ4n) is 2.71. The number of anilines is 3. The third kappa shape index (κ3) is 5.97. The maximum absolute atomic E-state index is 14.8. The largest absolute Gasteiger partial charge is 0.386 e. The monoisotopic (exact) mass is 479 g/mol. The molecule has 0 saturated heterocycles. The predicted octanol–water partition coefficient (Wildman–Crippen LogP) is 2.88. The lowest BCUT2D eigenvalue weighted by atomic mass is 9.96. The summed E-state index contributed by atoms with van der Waals surface area (Å²) in [4.78, 5) is 25.2. The zero-order chi connectivity index (χ0) is 24.3. The van der Waals surface area contributed by atoms with Crippen molar-refractivity contribution in [2.24, 2.45) is 5.73 Å². The first-order chi connectivity index (χ1) is 15.5. The number of primary amides is 1. The number of nitrogens with zero attached hydrogens (tertiary/aromatic N) is 3. The van der Waals surface area contributed by atoms with E-state index in [1.165, 1.54) is 37.2 Å². The van der Waals surface area contributed by atoms with Crippen LogP contribution in [0.4, 0.5) is 25.5 Å². The number of hydrogen-bond acceptors (Lipinski definition) is 10. The minimum absolute atomic E-state index is 0.0269. The molecule has 6 N–H and O–H groups in total. The molecule has 0 unspecified atom stereocenters. The zero-order valence-corrected chi connectivity index (χ0v) is 19.1. The number of thiophene rings is 1. The Morgan fingerprint density at radius 3 is 2.48 bits per heavy atom. The van der Waals surface area contributed by atoms with Gasteiger partial charge in [-0.05, 0) is 43.7 Å². The third-order valence-corrected chi connectivity index (χ3v) is 5.33. The average molecular weight is 480 g/mol. The van der Waals surface area contributed by atoms with Gasteiger partial charge in [0, 0.05) is 25.2 Å². The Balaban J connectivity index is 1.92. The van der Waals surface area contributed by atoms with Crippen LogP contribution in [0.3, 0.4) is 0 Å². The average Bonchev–Trinajstić information content (AvgIpc) is 3.10. The van der Waals surface area contributed by atoms with Crippen LogP contribution in [0.25, 0.3) is 10.4 Å². The summed E-state index contributed by atoms with van der Waals surface area (Å²) in [6.45, 7) is 2.84. The van der Waals surface area contributed by atoms with Crippen LogP contribution in [0.5, 0.6) is 0 Å². The van der Waals surface area contributed by atoms with E-state index in [4.69, 9.17) is 10.7 Å². The molecule has 0 aliphatic carbocycles. The van der Waals surface area contributed by atoms with Crippen molar-refractivity contribution in [2.75, 3.05) is 24.9 Å². The van der Waals surface area contributed by atoms with E-state index < -0.39 is 23.1 Å². The Labute approximate surface area is 192 Å². The Morgan fingerprint density at radius 1 is 1.24 bits per heavy atom. The molecule has 0 fully saturated rings. The molecular weight excluding hydrogens is 456 g/mol. The second kappa shape index (κ2) is 9.72. The van der Waals surface area contributed by atoms with Crippen molar-refractivity contribution in [1.29, 1.82) is 0 Å². The van der Waals surface area contributed by atoms with E-state index in [1.807, 2.05) is 0 Å². The number of nitrogens with two attached hydrogens (primary N) is 1. The van der Waals surface area contributed by atoms with Gasteiger partial charge in [0.1, 0.15) is 22.5 Å². The van der Waals surface area contributed by atoms with E-state index in [2.05, 4.69) is 26.4 Å². The van der Waals surface area contributed by atoms with Crippen LogP contribution >= 0.6 is 11.3 Å². The summed E-state index contributed by atoms with van der Waals surface area (Å²) in [5, 5.41) is 14.7. The van der Waals surface area contributed by atoms with Gasteiger partial charge in [-0.15, -0.1) is 16.9 Å². The molecule has 2 aromatic heterocycles. The fourth-order valence-corrected chi connectivity index (χ4v) is 3.82. The summed E-state index contributed by atoms with van der Waals surface area (Å²) in [5.74, 6) is -2.17. The van der Waals surface area contributed by atoms with Crippen molar-refractivity contribution in [2.45, 2.75) is 19.4 Å². The SMILES string of the molecule is CN(C)NONc1nccc(Nc2sc(-c3c(F)cc(C(C)(C)O)cc3F)cc2C(N)=O)n1. The molecule has 176 valence electrons. The molecule has 33 heavy (non-hydrogen) atoms. The summed E-state index contributed by atoms with van der Waals surface area (Å²) in [6, 6.07) is 4.93. The van der Waals surface area contributed by atoms with E-state index in [9.17, 15) is 18.7 Å². The van der Waals surface area contributed by atoms with Gasteiger partial charge in [-0.2, -0.15) is 9.92 Å². The molecule has 1 amide bonds. The highest BCUT2D eigenvalue weighted by Crippen LogP contribution is 2.40. The third-order valence-electron chi connectivity index (χ3n) is 4.26. The molecule has 13 heteroatoms. The molecule has 0 bridgehead atoms. The lowest BCUT2D eigenvalue weighted by Gasteiger charge is -2.18. The van der Waals surface area contributed by atoms with E-state index in [-0.39, 0.29) is 38.3 Å². The molecule has 3 aromatic rings. The first-order valence-corrected chi connectivity index (χ1v) is 10.4. The first-order valence-electron chi connectivity index (χ1n) is 9.56. The van der Waals surface area contributed by atoms with Gasteiger partial charge >= 0.3 is 0 Å². The van der Waals surface area contributed by atoms with Gasteiger partial charge in [0.05, 0.1) is 16.7 Å². The van der Waals surface area contributed by atoms with E-state index in [1.54, 1.807) is 14.1 Å². The maximum atomic E-state index is 14.8. The normalized spacial score (nSPS) is 11.6. The number of hydrogen-bond donors (Lipinski definition) is 5. The molecule has 0 saturated carbocycles. The van der Waals surface area contributed by atoms with Crippen LogP contribution in [0.15, 0.2) is 30.5 Å². The molecule has 0 radical (unpaired) electrons. The Kier molecular flexibility index (Phi) is 7.19. The Morgan fingerprint density at radius 2 is 1.91 bits per heavy atom. The molecule has 0 aliphatic heterocycles. The van der Waals surface area contributed by atoms with Crippen molar-refractivity contribution < 1.29 is 23.6 Å². The van der Waals surface area contributed by atoms with Gasteiger partial charge in [-0.1, -0.05) is 0 Å². The number of carbonyl (C=O) groups is 1. The Hall–Kier alpha value is -3.23. The predicted molar refractivity (Wildman–Crippen MR) is 120 cm³/mol. The molecule has 2 heterocycles. The molecule has 0 atom stereocenters. The van der Waals surface area contributed by atoms with E-state index in [0.717, 1.165) is 23.5 Å². The first kappa shape index (κ1) is 24.4. The van der Waals surface area contributed by atoms with Gasteiger partial charge in [0.15, 0.2) is 0 Å². The molecule has 0 aliphatic rings. The second-order valence-electron chi connectivity index (χ2n) is 7.67. The van der Waals surface area contributed by atoms with E-state index >= 15 is 0 Å². The lowest BCUT2D eigenvalue weighted by Crippen LogP contribution is -2.32. The molecule has 1 aromatic carbocycles. The number of carbonyl (C=O) groups excluding carboxylic acids is 1. The van der Waals surface area contributed by atoms with Crippen LogP contribution in [0.2, 0.25) is 0 Å². The maximum Gasteiger partial charge on any atom is 0.251 e. The summed E-state index contributed by atoms with van der Waals surface area (Å²) < 4.78 is 29.6. The lowest BCUT2D eigenvalue weighted by molar-refractivity contribution is -0.0292. The van der Waals surface area contributed by atoms with E-state index in [0.29, 0.717) is 0 Å². The second-order valence-corrected chi connectivity index (χ2v) is 8.72. The molecule has 0 spiro atoms. The minimum Gasteiger partial charge on any atom is -0.386 e. The number of halogens is 2. The van der Waals surface area contributed by atoms with Crippen molar-refractivity contribution >= 4 is 34.0 Å². The molecule has 10 nitrogen and oxygen atoms in total. The van der Waals surface area contributed by atoms with Crippen molar-refractivity contribution in [3.63, 3.8) is 0 Å². The fraction of sp³-hybridized carbons (Fsp3) is 0.250. The van der Waals surface area contributed by atoms with Crippen LogP contribution in [-0.4, -0.2) is 40.1 Å². The highest BCUT2D eigenvalue weighted by molar-refractivity contribution is 7.20. The standard InChI is InChI=1S/C20H23F2N7O3S/c1-20(2,31)10-7-12(21)16(13(22)8-10)14-9-11(17(23)30)18(33-14)25-15-5-6-24-19(26-15)27-32-28-29(3)4/h5-9,28,31H,1-4H3,(H2,23,30)(H2,24,25,26,27). The van der Waals surface area contributed by atoms with Crippen LogP contribution in [-0.2, 0) is 10.5 Å². The highest BCUT2D eigenvalue weighted by Gasteiger charge is 2.24. The summed E-state index contributed by atoms with van der Waals surface area (Å²) in [7, 11) is 3.42. The van der Waals surface area contributed by atoms with Gasteiger partial charge in [0.25, 0.3) is 11.9 Å². The van der Waals surface area contributed by atoms with Crippen molar-refractivity contribution in [3.8, 4) is 10.4 Å². The van der Waals surface area contributed by atoms with Crippen LogP contribution < -0.4 is 22.1 Å². The van der Waals surface area contributed by atoms with Gasteiger partial charge in [-0.3, -0.25) is 4.79 Å². The summed E-state index contributed by atoms with van der Waals surface area (Å²) in [6.07, 6.45) is 1.43. The molecular formula is C20H23F2N7O3S. The van der Waals surface area contributed by atoms with Gasteiger partial charge in [-0.25, -0.2) is 24.3 Å². The summed E-state index contributed by atoms with van der Waals surface area (Å²) in [5.41, 5.74) is 8.81. The number of rotatable bonds is 9. The Bertz CT molecular complexity index is 1140. The highest BCUT2D eigenvalue weighted by atomic mass is 32.1. The number of amides is 1.